The maximum atomic E-state index is 12.5. The molecule has 1 unspecified atom stereocenters. The number of carbonyl (C=O) groups excluding carboxylic acids is 2. The number of alkyl carbamates (subject to hydrolysis) is 1. The van der Waals surface area contributed by atoms with Gasteiger partial charge in [0.2, 0.25) is 11.9 Å². The van der Waals surface area contributed by atoms with Gasteiger partial charge in [-0.1, -0.05) is 12.1 Å². The predicted octanol–water partition coefficient (Wildman–Crippen LogP) is 3.26. The van der Waals surface area contributed by atoms with E-state index in [1.807, 2.05) is 0 Å². The summed E-state index contributed by atoms with van der Waals surface area (Å²) in [5.41, 5.74) is 6.38. The number of nitrogens with two attached hydrogens (primary N) is 1. The lowest BCUT2D eigenvalue weighted by molar-refractivity contribution is -0.121. The summed E-state index contributed by atoms with van der Waals surface area (Å²) in [4.78, 5) is 24.7. The highest BCUT2D eigenvalue weighted by Gasteiger charge is 2.23. The van der Waals surface area contributed by atoms with Gasteiger partial charge in [-0.3, -0.25) is 4.79 Å². The van der Waals surface area contributed by atoms with Crippen LogP contribution in [0.5, 0.6) is 0 Å². The molecule has 4 N–H and O–H groups in total. The first-order valence-corrected chi connectivity index (χ1v) is 12.1. The second-order valence-corrected chi connectivity index (χ2v) is 9.79. The van der Waals surface area contributed by atoms with E-state index in [1.54, 1.807) is 58.9 Å². The van der Waals surface area contributed by atoms with E-state index in [0.717, 1.165) is 0 Å². The Labute approximate surface area is 185 Å². The highest BCUT2D eigenvalue weighted by molar-refractivity contribution is 7.45. The Kier molecular flexibility index (Phi) is 11.6. The minimum atomic E-state index is -2.19. The van der Waals surface area contributed by atoms with Crippen LogP contribution in [0.3, 0.4) is 0 Å². The van der Waals surface area contributed by atoms with Crippen LogP contribution in [0, 0.1) is 0 Å². The van der Waals surface area contributed by atoms with Gasteiger partial charge in [-0.25, -0.2) is 4.79 Å². The van der Waals surface area contributed by atoms with Crippen LogP contribution in [0.2, 0.25) is 0 Å². The third-order valence-corrected chi connectivity index (χ3v) is 5.59. The molecule has 0 aliphatic carbocycles. The van der Waals surface area contributed by atoms with Crippen molar-refractivity contribution < 1.29 is 28.4 Å². The molecule has 0 fully saturated rings. The molecule has 9 nitrogen and oxygen atoms in total. The fourth-order valence-corrected chi connectivity index (χ4v) is 4.03. The van der Waals surface area contributed by atoms with Crippen molar-refractivity contribution in [2.75, 3.05) is 31.7 Å². The van der Waals surface area contributed by atoms with E-state index in [1.165, 1.54) is 0 Å². The van der Waals surface area contributed by atoms with Crippen molar-refractivity contribution in [3.05, 3.63) is 29.8 Å². The molecule has 0 heterocycles. The lowest BCUT2D eigenvalue weighted by atomic mass is 10.0. The van der Waals surface area contributed by atoms with Crippen molar-refractivity contribution >= 4 is 25.5 Å². The van der Waals surface area contributed by atoms with E-state index >= 15 is 0 Å². The van der Waals surface area contributed by atoms with Gasteiger partial charge in [0.1, 0.15) is 13.4 Å². The van der Waals surface area contributed by atoms with Crippen LogP contribution in [-0.2, 0) is 23.6 Å². The first kappa shape index (κ1) is 26.9. The molecule has 0 bridgehead atoms. The van der Waals surface area contributed by atoms with Crippen LogP contribution in [0.4, 0.5) is 10.5 Å². The SMILES string of the molecule is CCOC(OCC)[PH](=O)CCNC(=O)C[C@H](NC(=O)OC(C)(C)C)c1cccc(N)c1. The Morgan fingerprint density at radius 3 is 2.35 bits per heavy atom. The van der Waals surface area contributed by atoms with Gasteiger partial charge in [-0.2, -0.15) is 0 Å². The molecule has 2 amide bonds. The van der Waals surface area contributed by atoms with Gasteiger partial charge in [-0.15, -0.1) is 0 Å². The summed E-state index contributed by atoms with van der Waals surface area (Å²) in [6.45, 7) is 9.88. The normalized spacial score (nSPS) is 13.5. The van der Waals surface area contributed by atoms with Crippen molar-refractivity contribution in [1.29, 1.82) is 0 Å². The van der Waals surface area contributed by atoms with E-state index in [4.69, 9.17) is 19.9 Å². The summed E-state index contributed by atoms with van der Waals surface area (Å²) in [6.07, 6.45) is -0.401. The third-order valence-electron chi connectivity index (χ3n) is 3.99. The van der Waals surface area contributed by atoms with Crippen molar-refractivity contribution in [2.24, 2.45) is 0 Å². The van der Waals surface area contributed by atoms with Gasteiger partial charge >= 0.3 is 6.09 Å². The Balaban J connectivity index is 2.70. The maximum Gasteiger partial charge on any atom is 0.408 e. The molecule has 0 aromatic heterocycles. The summed E-state index contributed by atoms with van der Waals surface area (Å²) in [7, 11) is -2.19. The lowest BCUT2D eigenvalue weighted by Gasteiger charge is -2.24. The first-order valence-electron chi connectivity index (χ1n) is 10.4. The molecule has 0 saturated carbocycles. The van der Waals surface area contributed by atoms with Crippen molar-refractivity contribution in [1.82, 2.24) is 10.6 Å². The smallest absolute Gasteiger partial charge is 0.408 e. The number of nitrogens with one attached hydrogen (secondary N) is 2. The quantitative estimate of drug-likeness (QED) is 0.250. The van der Waals surface area contributed by atoms with Gasteiger partial charge < -0.3 is 35.1 Å². The summed E-state index contributed by atoms with van der Waals surface area (Å²) >= 11 is 0. The first-order chi connectivity index (χ1) is 14.6. The van der Waals surface area contributed by atoms with Crippen molar-refractivity contribution in [2.45, 2.75) is 58.7 Å². The molecule has 10 heteroatoms. The number of hydrogen-bond acceptors (Lipinski definition) is 7. The maximum absolute atomic E-state index is 12.5. The number of amides is 2. The minimum absolute atomic E-state index is 0.0238. The Morgan fingerprint density at radius 2 is 1.81 bits per heavy atom. The Bertz CT molecular complexity index is 732. The number of benzene rings is 1. The number of carbonyl (C=O) groups is 2. The highest BCUT2D eigenvalue weighted by Crippen LogP contribution is 2.29. The number of hydrogen-bond donors (Lipinski definition) is 3. The van der Waals surface area contributed by atoms with Crippen LogP contribution in [0.1, 0.15) is 52.6 Å². The number of ether oxygens (including phenoxy) is 3. The highest BCUT2D eigenvalue weighted by atomic mass is 31.1. The number of anilines is 1. The van der Waals surface area contributed by atoms with E-state index in [0.29, 0.717) is 24.5 Å². The standard InChI is InChI=1S/C21H36N3O6P/c1-6-28-20(29-7-2)31(27)12-11-23-18(25)14-17(15-9-8-10-16(22)13-15)24-19(26)30-21(3,4)5/h8-10,13,17,20,31H,6-7,11-12,14,22H2,1-5H3,(H,23,25)(H,24,26)/t17-/m0/s1. The average Bonchev–Trinajstić information content (AvgIpc) is 2.65. The summed E-state index contributed by atoms with van der Waals surface area (Å²) in [5, 5.41) is 5.47. The fraction of sp³-hybridized carbons (Fsp3) is 0.619. The topological polar surface area (TPSA) is 129 Å². The van der Waals surface area contributed by atoms with Gasteiger partial charge in [0, 0.05) is 31.6 Å². The van der Waals surface area contributed by atoms with Gasteiger partial charge in [-0.05, 0) is 52.3 Å². The lowest BCUT2D eigenvalue weighted by Crippen LogP contribution is -2.37. The van der Waals surface area contributed by atoms with Gasteiger partial charge in [0.15, 0.2) is 0 Å². The summed E-state index contributed by atoms with van der Waals surface area (Å²) in [6, 6.07) is 5.57. The summed E-state index contributed by atoms with van der Waals surface area (Å²) < 4.78 is 28.4. The second-order valence-electron chi connectivity index (χ2n) is 7.88. The molecule has 0 saturated heterocycles. The molecular formula is C21H36N3O6P. The number of rotatable bonds is 12. The van der Waals surface area contributed by atoms with Crippen LogP contribution in [0.25, 0.3) is 0 Å². The zero-order valence-corrected chi connectivity index (χ0v) is 20.0. The number of nitrogen functional groups attached to an aromatic ring is 1. The van der Waals surface area contributed by atoms with Crippen molar-refractivity contribution in [3.8, 4) is 0 Å². The Morgan fingerprint density at radius 1 is 1.16 bits per heavy atom. The van der Waals surface area contributed by atoms with Crippen LogP contribution >= 0.6 is 7.80 Å². The fourth-order valence-electron chi connectivity index (χ4n) is 2.72. The molecule has 0 aliphatic rings. The predicted molar refractivity (Wildman–Crippen MR) is 122 cm³/mol. The molecule has 2 atom stereocenters. The monoisotopic (exact) mass is 457 g/mol. The average molecular weight is 458 g/mol. The largest absolute Gasteiger partial charge is 0.444 e. The molecule has 0 aliphatic heterocycles. The Hall–Kier alpha value is -2.09. The molecule has 0 radical (unpaired) electrons. The molecule has 0 spiro atoms. The van der Waals surface area contributed by atoms with Crippen molar-refractivity contribution in [3.63, 3.8) is 0 Å². The molecule has 176 valence electrons. The molecule has 31 heavy (non-hydrogen) atoms. The van der Waals surface area contributed by atoms with Gasteiger partial charge in [0.05, 0.1) is 12.5 Å². The minimum Gasteiger partial charge on any atom is -0.444 e. The van der Waals surface area contributed by atoms with Crippen LogP contribution in [-0.4, -0.2) is 49.6 Å². The molecule has 1 aromatic rings. The van der Waals surface area contributed by atoms with E-state index in [9.17, 15) is 14.2 Å². The van der Waals surface area contributed by atoms with E-state index in [2.05, 4.69) is 10.6 Å². The van der Waals surface area contributed by atoms with Crippen LogP contribution < -0.4 is 16.4 Å². The summed E-state index contributed by atoms with van der Waals surface area (Å²) in [5.74, 6) is -0.303. The third kappa shape index (κ3) is 11.2. The van der Waals surface area contributed by atoms with Crippen LogP contribution in [0.15, 0.2) is 24.3 Å². The van der Waals surface area contributed by atoms with E-state index < -0.39 is 31.6 Å². The van der Waals surface area contributed by atoms with E-state index in [-0.39, 0.29) is 25.0 Å². The molecular weight excluding hydrogens is 421 g/mol. The molecule has 1 aromatic carbocycles. The van der Waals surface area contributed by atoms with Gasteiger partial charge in [0.25, 0.3) is 0 Å². The molecule has 1 rings (SSSR count). The second kappa shape index (κ2) is 13.3. The zero-order chi connectivity index (χ0) is 23.4. The zero-order valence-electron chi connectivity index (χ0n) is 19.0.